The van der Waals surface area contributed by atoms with Crippen LogP contribution in [0, 0.1) is 18.3 Å². The highest BCUT2D eigenvalue weighted by Crippen LogP contribution is 2.35. The molecule has 0 aliphatic rings. The number of hydrogen-bond donors (Lipinski definition) is 0. The predicted molar refractivity (Wildman–Crippen MR) is 92.5 cm³/mol. The highest BCUT2D eigenvalue weighted by atomic mass is 32.2. The number of nitriles is 1. The summed E-state index contributed by atoms with van der Waals surface area (Å²) in [5.74, 6) is 1.89. The van der Waals surface area contributed by atoms with E-state index in [9.17, 15) is 13.2 Å². The quantitative estimate of drug-likeness (QED) is 0.506. The van der Waals surface area contributed by atoms with Crippen LogP contribution in [-0.4, -0.2) is 24.5 Å². The third-order valence-electron chi connectivity index (χ3n) is 3.39. The van der Waals surface area contributed by atoms with Gasteiger partial charge in [-0.3, -0.25) is 0 Å². The average molecular weight is 382 g/mol. The van der Waals surface area contributed by atoms with Crippen LogP contribution in [0.1, 0.15) is 23.2 Å². The van der Waals surface area contributed by atoms with E-state index in [4.69, 9.17) is 14.7 Å². The first-order valence-corrected chi connectivity index (χ1v) is 8.72. The Bertz CT molecular complexity index is 787. The van der Waals surface area contributed by atoms with E-state index in [-0.39, 0.29) is 10.7 Å². The largest absolute Gasteiger partial charge is 0.497 e. The van der Waals surface area contributed by atoms with Gasteiger partial charge >= 0.3 is 6.18 Å². The number of hydrogen-bond acceptors (Lipinski definition) is 5. The molecule has 0 saturated heterocycles. The molecule has 1 heterocycles. The summed E-state index contributed by atoms with van der Waals surface area (Å²) in [5, 5.41) is 9.21. The van der Waals surface area contributed by atoms with Gasteiger partial charge in [-0.25, -0.2) is 4.98 Å². The molecule has 1 aromatic heterocycles. The molecule has 0 aliphatic carbocycles. The summed E-state index contributed by atoms with van der Waals surface area (Å²) < 4.78 is 49.8. The maximum Gasteiger partial charge on any atom is 0.417 e. The third-order valence-corrected chi connectivity index (χ3v) is 4.45. The number of benzene rings is 1. The number of aromatic nitrogens is 1. The molecule has 0 aliphatic heterocycles. The minimum absolute atomic E-state index is 0.101. The van der Waals surface area contributed by atoms with Crippen molar-refractivity contribution in [3.63, 3.8) is 0 Å². The zero-order chi connectivity index (χ0) is 19.2. The second kappa shape index (κ2) is 8.81. The monoisotopic (exact) mass is 382 g/mol. The van der Waals surface area contributed by atoms with Gasteiger partial charge in [-0.1, -0.05) is 0 Å². The Morgan fingerprint density at radius 1 is 1.19 bits per heavy atom. The summed E-state index contributed by atoms with van der Waals surface area (Å²) in [6.07, 6.45) is -3.98. The SMILES string of the molecule is COc1ccc(OCCCSc2nc(C)cc(C(F)(F)F)c2C#N)cc1. The lowest BCUT2D eigenvalue weighted by Crippen LogP contribution is -2.10. The molecule has 0 amide bonds. The lowest BCUT2D eigenvalue weighted by molar-refractivity contribution is -0.138. The zero-order valence-electron chi connectivity index (χ0n) is 14.3. The van der Waals surface area contributed by atoms with Crippen molar-refractivity contribution in [3.05, 3.63) is 47.2 Å². The molecule has 26 heavy (non-hydrogen) atoms. The number of thioether (sulfide) groups is 1. The number of methoxy groups -OCH3 is 1. The predicted octanol–water partition coefficient (Wildman–Crippen LogP) is 4.85. The van der Waals surface area contributed by atoms with Gasteiger partial charge in [0.2, 0.25) is 0 Å². The summed E-state index contributed by atoms with van der Waals surface area (Å²) in [5.41, 5.74) is -1.14. The van der Waals surface area contributed by atoms with Crippen LogP contribution in [0.2, 0.25) is 0 Å². The third kappa shape index (κ3) is 5.30. The minimum Gasteiger partial charge on any atom is -0.497 e. The number of pyridine rings is 1. The molecule has 8 heteroatoms. The van der Waals surface area contributed by atoms with Gasteiger partial charge in [0.1, 0.15) is 22.6 Å². The Morgan fingerprint density at radius 2 is 1.85 bits per heavy atom. The van der Waals surface area contributed by atoms with E-state index in [1.807, 2.05) is 0 Å². The fraction of sp³-hybridized carbons (Fsp3) is 0.333. The van der Waals surface area contributed by atoms with E-state index < -0.39 is 17.3 Å². The van der Waals surface area contributed by atoms with Gasteiger partial charge in [-0.05, 0) is 43.7 Å². The topological polar surface area (TPSA) is 55.1 Å². The molecule has 0 bridgehead atoms. The fourth-order valence-electron chi connectivity index (χ4n) is 2.17. The number of ether oxygens (including phenoxy) is 2. The van der Waals surface area contributed by atoms with Crippen molar-refractivity contribution in [2.75, 3.05) is 19.5 Å². The molecular weight excluding hydrogens is 365 g/mol. The molecule has 2 aromatic rings. The van der Waals surface area contributed by atoms with E-state index in [1.165, 1.54) is 6.92 Å². The van der Waals surface area contributed by atoms with Crippen molar-refractivity contribution in [2.45, 2.75) is 24.5 Å². The molecule has 0 radical (unpaired) electrons. The van der Waals surface area contributed by atoms with Gasteiger partial charge in [-0.15, -0.1) is 11.8 Å². The second-order valence-electron chi connectivity index (χ2n) is 5.33. The Hall–Kier alpha value is -2.40. The summed E-state index contributed by atoms with van der Waals surface area (Å²) in [4.78, 5) is 4.08. The van der Waals surface area contributed by atoms with Gasteiger partial charge in [0.15, 0.2) is 0 Å². The summed E-state index contributed by atoms with van der Waals surface area (Å²) in [6, 6.07) is 9.63. The molecule has 0 spiro atoms. The highest BCUT2D eigenvalue weighted by Gasteiger charge is 2.35. The van der Waals surface area contributed by atoms with Gasteiger partial charge in [0.25, 0.3) is 0 Å². The van der Waals surface area contributed by atoms with Crippen LogP contribution < -0.4 is 9.47 Å². The standard InChI is InChI=1S/C18H17F3N2O2S/c1-12-10-16(18(19,20)21)15(11-22)17(23-12)26-9-3-8-25-14-6-4-13(24-2)5-7-14/h4-7,10H,3,8-9H2,1-2H3. The molecule has 0 unspecified atom stereocenters. The molecule has 1 aromatic carbocycles. The van der Waals surface area contributed by atoms with Crippen LogP contribution in [-0.2, 0) is 6.18 Å². The first kappa shape index (κ1) is 19.9. The van der Waals surface area contributed by atoms with Crippen molar-refractivity contribution in [3.8, 4) is 17.6 Å². The Kier molecular flexibility index (Phi) is 6.75. The maximum atomic E-state index is 13.1. The molecule has 2 rings (SSSR count). The number of alkyl halides is 3. The molecule has 0 saturated carbocycles. The lowest BCUT2D eigenvalue weighted by Gasteiger charge is -2.13. The number of rotatable bonds is 7. The summed E-state index contributed by atoms with van der Waals surface area (Å²) >= 11 is 1.12. The summed E-state index contributed by atoms with van der Waals surface area (Å²) in [7, 11) is 1.58. The van der Waals surface area contributed by atoms with Gasteiger partial charge in [0, 0.05) is 11.4 Å². The van der Waals surface area contributed by atoms with Crippen LogP contribution >= 0.6 is 11.8 Å². The molecule has 138 valence electrons. The van der Waals surface area contributed by atoms with E-state index in [0.29, 0.717) is 24.5 Å². The van der Waals surface area contributed by atoms with Crippen LogP contribution in [0.3, 0.4) is 0 Å². The van der Waals surface area contributed by atoms with Crippen LogP contribution in [0.5, 0.6) is 11.5 Å². The number of halogens is 3. The van der Waals surface area contributed by atoms with E-state index in [2.05, 4.69) is 4.98 Å². The molecular formula is C18H17F3N2O2S. The Morgan fingerprint density at radius 3 is 2.42 bits per heavy atom. The summed E-state index contributed by atoms with van der Waals surface area (Å²) in [6.45, 7) is 1.88. The van der Waals surface area contributed by atoms with E-state index >= 15 is 0 Å². The first-order chi connectivity index (χ1) is 12.3. The molecule has 0 atom stereocenters. The Labute approximate surface area is 154 Å². The van der Waals surface area contributed by atoms with Crippen molar-refractivity contribution < 1.29 is 22.6 Å². The molecule has 4 nitrogen and oxygen atoms in total. The molecule has 0 N–H and O–H groups in total. The number of nitrogens with zero attached hydrogens (tertiary/aromatic N) is 2. The van der Waals surface area contributed by atoms with Crippen LogP contribution in [0.15, 0.2) is 35.4 Å². The minimum atomic E-state index is -4.58. The zero-order valence-corrected chi connectivity index (χ0v) is 15.1. The van der Waals surface area contributed by atoms with Crippen molar-refractivity contribution in [1.82, 2.24) is 4.98 Å². The van der Waals surface area contributed by atoms with Crippen molar-refractivity contribution >= 4 is 11.8 Å². The van der Waals surface area contributed by atoms with E-state index in [1.54, 1.807) is 37.4 Å². The Balaban J connectivity index is 1.93. The van der Waals surface area contributed by atoms with E-state index in [0.717, 1.165) is 23.6 Å². The number of aryl methyl sites for hydroxylation is 1. The normalized spacial score (nSPS) is 11.1. The van der Waals surface area contributed by atoms with Gasteiger partial charge in [0.05, 0.1) is 24.8 Å². The lowest BCUT2D eigenvalue weighted by atomic mass is 10.1. The fourth-order valence-corrected chi connectivity index (χ4v) is 3.13. The van der Waals surface area contributed by atoms with Gasteiger partial charge in [-0.2, -0.15) is 18.4 Å². The van der Waals surface area contributed by atoms with Crippen LogP contribution in [0.4, 0.5) is 13.2 Å². The van der Waals surface area contributed by atoms with Gasteiger partial charge < -0.3 is 9.47 Å². The molecule has 0 fully saturated rings. The van der Waals surface area contributed by atoms with Crippen molar-refractivity contribution in [1.29, 1.82) is 5.26 Å². The smallest absolute Gasteiger partial charge is 0.417 e. The van der Waals surface area contributed by atoms with Crippen molar-refractivity contribution in [2.24, 2.45) is 0 Å². The maximum absolute atomic E-state index is 13.1. The first-order valence-electron chi connectivity index (χ1n) is 7.73. The van der Waals surface area contributed by atoms with Crippen LogP contribution in [0.25, 0.3) is 0 Å². The second-order valence-corrected chi connectivity index (χ2v) is 6.41. The average Bonchev–Trinajstić information content (AvgIpc) is 2.60. The highest BCUT2D eigenvalue weighted by molar-refractivity contribution is 7.99.